The van der Waals surface area contributed by atoms with Crippen LogP contribution >= 0.6 is 0 Å². The van der Waals surface area contributed by atoms with Gasteiger partial charge in [-0.05, 0) is 36.8 Å². The standard InChI is InChI=1S/C26H23N3O3/c1-17-10-12-18(13-11-17)24-15-22(19-6-5-7-20(14-19)32-2)27-29(24)16-28-23-9-4-3-8-21(23)25(30)26(28)31/h3-14,24H,15-16H2,1-2H3/t24-/m1/s1. The van der Waals surface area contributed by atoms with Gasteiger partial charge in [-0.15, -0.1) is 0 Å². The van der Waals surface area contributed by atoms with Crippen LogP contribution in [0.2, 0.25) is 0 Å². The molecule has 0 aromatic heterocycles. The summed E-state index contributed by atoms with van der Waals surface area (Å²) in [7, 11) is 1.64. The summed E-state index contributed by atoms with van der Waals surface area (Å²) in [5, 5.41) is 6.81. The van der Waals surface area contributed by atoms with Crippen LogP contribution in [0, 0.1) is 6.92 Å². The van der Waals surface area contributed by atoms with E-state index in [9.17, 15) is 9.59 Å². The first-order chi connectivity index (χ1) is 15.5. The summed E-state index contributed by atoms with van der Waals surface area (Å²) in [4.78, 5) is 26.7. The molecule has 6 nitrogen and oxygen atoms in total. The van der Waals surface area contributed by atoms with E-state index >= 15 is 0 Å². The van der Waals surface area contributed by atoms with Crippen molar-refractivity contribution in [1.29, 1.82) is 0 Å². The Labute approximate surface area is 186 Å². The summed E-state index contributed by atoms with van der Waals surface area (Å²) in [6.07, 6.45) is 0.688. The molecule has 1 atom stereocenters. The molecule has 1 amide bonds. The third-order valence-corrected chi connectivity index (χ3v) is 6.03. The zero-order valence-corrected chi connectivity index (χ0v) is 18.0. The van der Waals surface area contributed by atoms with E-state index < -0.39 is 11.7 Å². The molecule has 6 heteroatoms. The van der Waals surface area contributed by atoms with Crippen molar-refractivity contribution in [2.45, 2.75) is 19.4 Å². The Hall–Kier alpha value is -3.93. The topological polar surface area (TPSA) is 62.2 Å². The van der Waals surface area contributed by atoms with Gasteiger partial charge in [0.25, 0.3) is 5.78 Å². The van der Waals surface area contributed by atoms with E-state index in [-0.39, 0.29) is 12.7 Å². The zero-order valence-electron chi connectivity index (χ0n) is 18.0. The normalized spacial score (nSPS) is 17.6. The maximum absolute atomic E-state index is 12.8. The molecular weight excluding hydrogens is 402 g/mol. The predicted molar refractivity (Wildman–Crippen MR) is 123 cm³/mol. The number of carbonyl (C=O) groups excluding carboxylic acids is 2. The van der Waals surface area contributed by atoms with Gasteiger partial charge in [0.1, 0.15) is 12.4 Å². The molecule has 5 rings (SSSR count). The molecule has 3 aromatic rings. The summed E-state index contributed by atoms with van der Waals surface area (Å²) in [6.45, 7) is 2.26. The van der Waals surface area contributed by atoms with Gasteiger partial charge in [0.05, 0.1) is 30.1 Å². The van der Waals surface area contributed by atoms with Crippen LogP contribution in [0.15, 0.2) is 77.9 Å². The lowest BCUT2D eigenvalue weighted by Crippen LogP contribution is -2.39. The Bertz CT molecular complexity index is 1230. The van der Waals surface area contributed by atoms with Gasteiger partial charge in [0.15, 0.2) is 0 Å². The number of Topliss-reactive ketones (excluding diaryl/α,β-unsaturated/α-hetero) is 1. The molecule has 0 radical (unpaired) electrons. The van der Waals surface area contributed by atoms with Crippen molar-refractivity contribution in [2.24, 2.45) is 5.10 Å². The van der Waals surface area contributed by atoms with Gasteiger partial charge in [0, 0.05) is 12.0 Å². The van der Waals surface area contributed by atoms with Crippen LogP contribution in [-0.2, 0) is 4.79 Å². The number of benzene rings is 3. The van der Waals surface area contributed by atoms with Crippen molar-refractivity contribution in [3.05, 3.63) is 95.1 Å². The summed E-state index contributed by atoms with van der Waals surface area (Å²) < 4.78 is 5.38. The van der Waals surface area contributed by atoms with Crippen molar-refractivity contribution in [2.75, 3.05) is 18.7 Å². The fraction of sp³-hybridized carbons (Fsp3) is 0.192. The second-order valence-corrected chi connectivity index (χ2v) is 8.07. The van der Waals surface area contributed by atoms with Crippen molar-refractivity contribution < 1.29 is 14.3 Å². The summed E-state index contributed by atoms with van der Waals surface area (Å²) >= 11 is 0. The molecule has 2 heterocycles. The van der Waals surface area contributed by atoms with E-state index in [1.807, 2.05) is 41.4 Å². The maximum atomic E-state index is 12.8. The van der Waals surface area contributed by atoms with E-state index in [0.29, 0.717) is 17.7 Å². The van der Waals surface area contributed by atoms with Crippen LogP contribution in [-0.4, -0.2) is 36.2 Å². The van der Waals surface area contributed by atoms with Gasteiger partial charge < -0.3 is 4.74 Å². The molecule has 0 spiro atoms. The molecule has 0 saturated carbocycles. The smallest absolute Gasteiger partial charge is 0.301 e. The van der Waals surface area contributed by atoms with Gasteiger partial charge in [-0.3, -0.25) is 19.5 Å². The van der Waals surface area contributed by atoms with E-state index in [1.165, 1.54) is 10.5 Å². The highest BCUT2D eigenvalue weighted by molar-refractivity contribution is 6.52. The SMILES string of the molecule is COc1cccc(C2=NN(CN3C(=O)C(=O)c4ccccc43)[C@@H](c3ccc(C)cc3)C2)c1. The molecule has 3 aromatic carbocycles. The number of para-hydroxylation sites is 1. The summed E-state index contributed by atoms with van der Waals surface area (Å²) in [6, 6.07) is 23.3. The maximum Gasteiger partial charge on any atom is 0.301 e. The van der Waals surface area contributed by atoms with E-state index in [0.717, 1.165) is 22.6 Å². The molecule has 160 valence electrons. The number of aryl methyl sites for hydroxylation is 1. The average Bonchev–Trinajstić information content (AvgIpc) is 3.35. The van der Waals surface area contributed by atoms with Crippen molar-refractivity contribution in [3.63, 3.8) is 0 Å². The first-order valence-electron chi connectivity index (χ1n) is 10.6. The highest BCUT2D eigenvalue weighted by Gasteiger charge is 2.39. The van der Waals surface area contributed by atoms with E-state index in [1.54, 1.807) is 19.2 Å². The minimum Gasteiger partial charge on any atom is -0.497 e. The Morgan fingerprint density at radius 3 is 2.56 bits per heavy atom. The van der Waals surface area contributed by atoms with Crippen LogP contribution in [0.5, 0.6) is 5.75 Å². The lowest BCUT2D eigenvalue weighted by molar-refractivity contribution is -0.114. The molecule has 0 unspecified atom stereocenters. The Morgan fingerprint density at radius 1 is 1.00 bits per heavy atom. The van der Waals surface area contributed by atoms with Crippen molar-refractivity contribution in [3.8, 4) is 5.75 Å². The third-order valence-electron chi connectivity index (χ3n) is 6.03. The van der Waals surface area contributed by atoms with Crippen LogP contribution in [0.1, 0.15) is 39.5 Å². The second kappa shape index (κ2) is 7.96. The number of fused-ring (bicyclic) bond motifs is 1. The Balaban J connectivity index is 1.51. The Kier molecular flexibility index (Phi) is 4.98. The first-order valence-corrected chi connectivity index (χ1v) is 10.6. The number of ether oxygens (including phenoxy) is 1. The van der Waals surface area contributed by atoms with Crippen LogP contribution in [0.4, 0.5) is 5.69 Å². The quantitative estimate of drug-likeness (QED) is 0.571. The zero-order chi connectivity index (χ0) is 22.2. The van der Waals surface area contributed by atoms with Gasteiger partial charge >= 0.3 is 5.91 Å². The molecule has 32 heavy (non-hydrogen) atoms. The summed E-state index contributed by atoms with van der Waals surface area (Å²) in [5.74, 6) is -0.215. The van der Waals surface area contributed by atoms with E-state index in [4.69, 9.17) is 9.84 Å². The fourth-order valence-electron chi connectivity index (χ4n) is 4.27. The lowest BCUT2D eigenvalue weighted by atomic mass is 9.98. The number of hydrazone groups is 1. The van der Waals surface area contributed by atoms with Gasteiger partial charge in [-0.1, -0.05) is 54.1 Å². The monoisotopic (exact) mass is 425 g/mol. The Morgan fingerprint density at radius 2 is 1.78 bits per heavy atom. The highest BCUT2D eigenvalue weighted by Crippen LogP contribution is 2.36. The van der Waals surface area contributed by atoms with E-state index in [2.05, 4.69) is 31.2 Å². The van der Waals surface area contributed by atoms with Crippen LogP contribution in [0.3, 0.4) is 0 Å². The largest absolute Gasteiger partial charge is 0.497 e. The van der Waals surface area contributed by atoms with Crippen LogP contribution < -0.4 is 9.64 Å². The van der Waals surface area contributed by atoms with Crippen LogP contribution in [0.25, 0.3) is 0 Å². The minimum absolute atomic E-state index is 0.0486. The average molecular weight is 425 g/mol. The third kappa shape index (κ3) is 3.43. The molecule has 0 saturated heterocycles. The number of hydrogen-bond donors (Lipinski definition) is 0. The van der Waals surface area contributed by atoms with Gasteiger partial charge in [-0.25, -0.2) is 0 Å². The fourth-order valence-corrected chi connectivity index (χ4v) is 4.27. The number of nitrogens with zero attached hydrogens (tertiary/aromatic N) is 3. The molecule has 0 aliphatic carbocycles. The van der Waals surface area contributed by atoms with Crippen molar-refractivity contribution in [1.82, 2.24) is 5.01 Å². The number of methoxy groups -OCH3 is 1. The molecular formula is C26H23N3O3. The first kappa shape index (κ1) is 20.0. The lowest BCUT2D eigenvalue weighted by Gasteiger charge is -2.28. The molecule has 0 N–H and O–H groups in total. The highest BCUT2D eigenvalue weighted by atomic mass is 16.5. The summed E-state index contributed by atoms with van der Waals surface area (Å²) in [5.41, 5.74) is 5.27. The van der Waals surface area contributed by atoms with Gasteiger partial charge in [0.2, 0.25) is 0 Å². The number of ketones is 1. The molecule has 2 aliphatic rings. The molecule has 2 aliphatic heterocycles. The molecule has 0 bridgehead atoms. The minimum atomic E-state index is -0.515. The number of rotatable bonds is 5. The van der Waals surface area contributed by atoms with Crippen molar-refractivity contribution >= 4 is 23.1 Å². The number of hydrogen-bond acceptors (Lipinski definition) is 5. The predicted octanol–water partition coefficient (Wildman–Crippen LogP) is 4.34. The van der Waals surface area contributed by atoms with Gasteiger partial charge in [-0.2, -0.15) is 5.10 Å². The number of amides is 1. The molecule has 0 fully saturated rings. The second-order valence-electron chi connectivity index (χ2n) is 8.07. The number of anilines is 1. The number of carbonyl (C=O) groups is 2.